The maximum atomic E-state index is 13.7. The molecule has 2 aliphatic heterocycles. The first-order chi connectivity index (χ1) is 26.9. The molecule has 5 fully saturated rings. The number of alkyl carbamates (subject to hydrolysis) is 2. The summed E-state index contributed by atoms with van der Waals surface area (Å²) in [6, 6.07) is 7.28. The lowest BCUT2D eigenvalue weighted by molar-refractivity contribution is -0.136. The monoisotopic (exact) mass is 770 g/mol. The lowest BCUT2D eigenvalue weighted by Gasteiger charge is -2.53. The Kier molecular flexibility index (Phi) is 11.2. The summed E-state index contributed by atoms with van der Waals surface area (Å²) in [7, 11) is 2.61. The fourth-order valence-corrected chi connectivity index (χ4v) is 9.84. The second-order valence-electron chi connectivity index (χ2n) is 17.1. The van der Waals surface area contributed by atoms with Crippen molar-refractivity contribution in [3.8, 4) is 11.3 Å². The van der Waals surface area contributed by atoms with Gasteiger partial charge in [0.05, 0.1) is 38.2 Å². The van der Waals surface area contributed by atoms with E-state index in [9.17, 15) is 19.2 Å². The zero-order valence-electron chi connectivity index (χ0n) is 33.7. The number of hydrogen-bond donors (Lipinski definition) is 4. The number of hydrogen-bond acceptors (Lipinski definition) is 8. The predicted octanol–water partition coefficient (Wildman–Crippen LogP) is 6.43. The smallest absolute Gasteiger partial charge is 0.407 e. The van der Waals surface area contributed by atoms with Crippen LogP contribution < -0.4 is 10.6 Å². The van der Waals surface area contributed by atoms with Gasteiger partial charge in [0, 0.05) is 30.4 Å². The van der Waals surface area contributed by atoms with E-state index in [2.05, 4.69) is 44.9 Å². The van der Waals surface area contributed by atoms with Crippen molar-refractivity contribution in [2.75, 3.05) is 27.3 Å². The van der Waals surface area contributed by atoms with E-state index < -0.39 is 24.3 Å². The molecule has 3 aliphatic carbocycles. The summed E-state index contributed by atoms with van der Waals surface area (Å²) in [5.41, 5.74) is 4.73. The normalized spacial score (nSPS) is 25.7. The van der Waals surface area contributed by atoms with E-state index in [1.807, 2.05) is 49.9 Å². The van der Waals surface area contributed by atoms with Crippen molar-refractivity contribution in [3.63, 3.8) is 0 Å². The summed E-state index contributed by atoms with van der Waals surface area (Å²) in [6.07, 6.45) is 12.6. The van der Waals surface area contributed by atoms with Gasteiger partial charge in [0.25, 0.3) is 0 Å². The molecule has 2 saturated heterocycles. The fourth-order valence-electron chi connectivity index (χ4n) is 9.84. The van der Waals surface area contributed by atoms with Crippen molar-refractivity contribution in [3.05, 3.63) is 59.6 Å². The summed E-state index contributed by atoms with van der Waals surface area (Å²) in [6.45, 7) is 8.93. The van der Waals surface area contributed by atoms with Crippen LogP contribution in [0.1, 0.15) is 127 Å². The number of carbonyl (C=O) groups is 4. The molecule has 3 aromatic rings. The average molecular weight is 771 g/mol. The Morgan fingerprint density at radius 1 is 0.696 bits per heavy atom. The van der Waals surface area contributed by atoms with Gasteiger partial charge in [-0.05, 0) is 92.6 Å². The second kappa shape index (κ2) is 15.9. The van der Waals surface area contributed by atoms with Crippen molar-refractivity contribution in [1.29, 1.82) is 0 Å². The van der Waals surface area contributed by atoms with Crippen LogP contribution in [0.15, 0.2) is 36.7 Å². The molecule has 1 aromatic carbocycles. The Morgan fingerprint density at radius 2 is 1.16 bits per heavy atom. The first kappa shape index (κ1) is 39.4. The van der Waals surface area contributed by atoms with Crippen LogP contribution in [0.3, 0.4) is 0 Å². The molecule has 2 bridgehead atoms. The van der Waals surface area contributed by atoms with Crippen LogP contribution in [-0.4, -0.2) is 93.1 Å². The topological polar surface area (TPSA) is 175 Å². The number of likely N-dealkylation sites (tertiary alicyclic amines) is 2. The third-order valence-electron chi connectivity index (χ3n) is 13.3. The Morgan fingerprint density at radius 3 is 1.64 bits per heavy atom. The van der Waals surface area contributed by atoms with E-state index in [0.29, 0.717) is 13.1 Å². The molecule has 8 rings (SSSR count). The first-order valence-corrected chi connectivity index (χ1v) is 20.4. The van der Waals surface area contributed by atoms with Crippen LogP contribution in [0.25, 0.3) is 11.3 Å². The molecule has 4 amide bonds. The summed E-state index contributed by atoms with van der Waals surface area (Å²) < 4.78 is 9.57. The molecule has 3 saturated carbocycles. The van der Waals surface area contributed by atoms with Crippen LogP contribution in [0, 0.1) is 11.8 Å². The van der Waals surface area contributed by atoms with Gasteiger partial charge in [-0.1, -0.05) is 52.0 Å². The molecular weight excluding hydrogens is 713 g/mol. The van der Waals surface area contributed by atoms with Crippen LogP contribution in [0.5, 0.6) is 0 Å². The van der Waals surface area contributed by atoms with Gasteiger partial charge in [-0.2, -0.15) is 0 Å². The lowest BCUT2D eigenvalue weighted by Crippen LogP contribution is -2.51. The van der Waals surface area contributed by atoms with E-state index in [-0.39, 0.29) is 46.6 Å². The maximum Gasteiger partial charge on any atom is 0.407 e. The summed E-state index contributed by atoms with van der Waals surface area (Å²) in [5.74, 6) is 1.21. The number of amides is 4. The van der Waals surface area contributed by atoms with Gasteiger partial charge < -0.3 is 39.9 Å². The van der Waals surface area contributed by atoms with Gasteiger partial charge in [0.15, 0.2) is 0 Å². The number of nitrogens with one attached hydrogen (secondary N) is 4. The van der Waals surface area contributed by atoms with Crippen LogP contribution in [-0.2, 0) is 29.9 Å². The van der Waals surface area contributed by atoms with Gasteiger partial charge >= 0.3 is 12.2 Å². The minimum atomic E-state index is -0.673. The molecule has 5 aliphatic rings. The van der Waals surface area contributed by atoms with Crippen molar-refractivity contribution in [1.82, 2.24) is 40.4 Å². The van der Waals surface area contributed by atoms with Gasteiger partial charge in [0.2, 0.25) is 11.8 Å². The highest BCUT2D eigenvalue weighted by atomic mass is 16.5. The van der Waals surface area contributed by atoms with Crippen LogP contribution in [0.4, 0.5) is 9.59 Å². The van der Waals surface area contributed by atoms with E-state index >= 15 is 0 Å². The highest BCUT2D eigenvalue weighted by Gasteiger charge is 2.51. The lowest BCUT2D eigenvalue weighted by atomic mass is 9.51. The van der Waals surface area contributed by atoms with E-state index in [4.69, 9.17) is 19.4 Å². The summed E-state index contributed by atoms with van der Waals surface area (Å²) in [4.78, 5) is 71.8. The highest BCUT2D eigenvalue weighted by Crippen LogP contribution is 2.58. The Balaban J connectivity index is 0.994. The molecule has 1 unspecified atom stereocenters. The molecule has 4 atom stereocenters. The van der Waals surface area contributed by atoms with Crippen LogP contribution >= 0.6 is 0 Å². The number of methoxy groups -OCH3 is 2. The van der Waals surface area contributed by atoms with Crippen molar-refractivity contribution >= 4 is 24.0 Å². The Hall–Kier alpha value is -4.88. The number of benzene rings is 1. The fraction of sp³-hybridized carbons (Fsp3) is 0.619. The summed E-state index contributed by atoms with van der Waals surface area (Å²) >= 11 is 0. The van der Waals surface area contributed by atoms with Gasteiger partial charge in [-0.25, -0.2) is 19.6 Å². The zero-order valence-corrected chi connectivity index (χ0v) is 33.7. The van der Waals surface area contributed by atoms with Gasteiger partial charge in [0.1, 0.15) is 23.7 Å². The number of rotatable bonds is 11. The molecule has 56 heavy (non-hydrogen) atoms. The standard InChI is InChI=1S/C42H58N8O6/c1-25(2)33(47-39(53)55-5)37(51)49-21-7-9-30(49)35-43-23-29(45-35)27-11-13-28(14-12-27)41-15-18-42(19-16-41,20-17-41)32-24-44-36(46-32)31-10-8-22-50(31)38(52)34(26(3)4)48-40(54)56-6/h11-14,23-26,30-31,33-34H,7-10,15-22H2,1-6H3,(H,43,45)(H,44,46)(H,47,53)(H,48,54)/t30-,31-,33?,34-,41?,42?/m0/s1. The largest absolute Gasteiger partial charge is 0.453 e. The third-order valence-corrected chi connectivity index (χ3v) is 13.3. The molecule has 4 N–H and O–H groups in total. The molecule has 0 radical (unpaired) electrons. The van der Waals surface area contributed by atoms with E-state index in [1.54, 1.807) is 0 Å². The minimum Gasteiger partial charge on any atom is -0.453 e. The molecule has 14 nitrogen and oxygen atoms in total. The number of H-pyrrole nitrogens is 2. The van der Waals surface area contributed by atoms with E-state index in [1.165, 1.54) is 25.5 Å². The molecule has 302 valence electrons. The molecule has 0 spiro atoms. The quantitative estimate of drug-likeness (QED) is 0.173. The number of nitrogens with zero attached hydrogens (tertiary/aromatic N) is 4. The van der Waals surface area contributed by atoms with Crippen LogP contribution in [0.2, 0.25) is 0 Å². The molecule has 4 heterocycles. The summed E-state index contributed by atoms with van der Waals surface area (Å²) in [5, 5.41) is 5.45. The second-order valence-corrected chi connectivity index (χ2v) is 17.1. The number of fused-ring (bicyclic) bond motifs is 3. The van der Waals surface area contributed by atoms with Gasteiger partial charge in [-0.3, -0.25) is 9.59 Å². The Labute approximate surface area is 329 Å². The maximum absolute atomic E-state index is 13.7. The van der Waals surface area contributed by atoms with Crippen molar-refractivity contribution in [2.24, 2.45) is 11.8 Å². The molecular formula is C42H58N8O6. The molecule has 14 heteroatoms. The highest BCUT2D eigenvalue weighted by molar-refractivity contribution is 5.87. The third kappa shape index (κ3) is 7.38. The van der Waals surface area contributed by atoms with Crippen molar-refractivity contribution in [2.45, 2.75) is 127 Å². The minimum absolute atomic E-state index is 0.0552. The van der Waals surface area contributed by atoms with E-state index in [0.717, 1.165) is 87.1 Å². The zero-order chi connectivity index (χ0) is 39.8. The predicted molar refractivity (Wildman–Crippen MR) is 209 cm³/mol. The number of imidazole rings is 2. The number of ether oxygens (including phenoxy) is 2. The number of aromatic amines is 2. The number of aromatic nitrogens is 4. The average Bonchev–Trinajstić information content (AvgIpc) is 4.06. The SMILES string of the molecule is COC(=O)NC(C(=O)N1CCC[C@H]1c1ncc(-c2ccc(C34CCC(c5cnc([C@@H]6CCCN6C(=O)[C@@H](NC(=O)OC)C(C)C)[nH]5)(CC3)CC4)cc2)[nH]1)C(C)C. The first-order valence-electron chi connectivity index (χ1n) is 20.4. The van der Waals surface area contributed by atoms with Gasteiger partial charge in [-0.15, -0.1) is 0 Å². The van der Waals surface area contributed by atoms with Crippen molar-refractivity contribution < 1.29 is 28.7 Å². The number of carbonyl (C=O) groups excluding carboxylic acids is 4. The molecule has 2 aromatic heterocycles. The Bertz CT molecular complexity index is 1880.